The molecule has 1 aromatic rings. The third-order valence-corrected chi connectivity index (χ3v) is 2.62. The van der Waals surface area contributed by atoms with Crippen LogP contribution in [0, 0.1) is 0 Å². The largest absolute Gasteiger partial charge is 0.468 e. The zero-order chi connectivity index (χ0) is 11.8. The van der Waals surface area contributed by atoms with E-state index in [2.05, 4.69) is 24.1 Å². The van der Waals surface area contributed by atoms with E-state index in [-0.39, 0.29) is 6.10 Å². The Morgan fingerprint density at radius 1 is 1.44 bits per heavy atom. The lowest BCUT2D eigenvalue weighted by atomic mass is 10.3. The first-order valence-corrected chi connectivity index (χ1v) is 5.89. The van der Waals surface area contributed by atoms with Crippen LogP contribution in [0.15, 0.2) is 22.8 Å². The predicted molar refractivity (Wildman–Crippen MR) is 64.2 cm³/mol. The maximum Gasteiger partial charge on any atom is 0.117 e. The molecule has 0 aliphatic heterocycles. The van der Waals surface area contributed by atoms with Gasteiger partial charge in [0.2, 0.25) is 0 Å². The summed E-state index contributed by atoms with van der Waals surface area (Å²) in [6, 6.07) is 3.78. The molecule has 0 saturated heterocycles. The standard InChI is InChI=1S/C12H22N2O2/c1-3-14(4-2)10-11(15)8-13-9-12-6-5-7-16-12/h5-7,11,13,15H,3-4,8-10H2,1-2H3. The Morgan fingerprint density at radius 3 is 2.75 bits per heavy atom. The predicted octanol–water partition coefficient (Wildman–Crippen LogP) is 1.07. The van der Waals surface area contributed by atoms with E-state index in [4.69, 9.17) is 4.42 Å². The van der Waals surface area contributed by atoms with E-state index in [9.17, 15) is 5.11 Å². The second-order valence-electron chi connectivity index (χ2n) is 3.85. The third-order valence-electron chi connectivity index (χ3n) is 2.62. The minimum absolute atomic E-state index is 0.324. The molecule has 0 saturated carbocycles. The van der Waals surface area contributed by atoms with Crippen molar-refractivity contribution < 1.29 is 9.52 Å². The molecule has 0 radical (unpaired) electrons. The summed E-state index contributed by atoms with van der Waals surface area (Å²) in [5, 5.41) is 12.9. The molecule has 1 atom stereocenters. The maximum absolute atomic E-state index is 9.78. The van der Waals surface area contributed by atoms with Crippen molar-refractivity contribution in [1.82, 2.24) is 10.2 Å². The van der Waals surface area contributed by atoms with Crippen molar-refractivity contribution in [3.05, 3.63) is 24.2 Å². The van der Waals surface area contributed by atoms with Crippen LogP contribution in [0.3, 0.4) is 0 Å². The van der Waals surface area contributed by atoms with Crippen molar-refractivity contribution in [1.29, 1.82) is 0 Å². The van der Waals surface area contributed by atoms with Gasteiger partial charge in [-0.1, -0.05) is 13.8 Å². The summed E-state index contributed by atoms with van der Waals surface area (Å²) in [4.78, 5) is 2.21. The van der Waals surface area contributed by atoms with Crippen LogP contribution in [0.1, 0.15) is 19.6 Å². The molecule has 4 heteroatoms. The van der Waals surface area contributed by atoms with E-state index in [1.165, 1.54) is 0 Å². The van der Waals surface area contributed by atoms with E-state index in [1.807, 2.05) is 12.1 Å². The summed E-state index contributed by atoms with van der Waals surface area (Å²) < 4.78 is 5.18. The number of aliphatic hydroxyl groups excluding tert-OH is 1. The van der Waals surface area contributed by atoms with Crippen LogP contribution in [-0.2, 0) is 6.54 Å². The van der Waals surface area contributed by atoms with Crippen LogP contribution in [0.25, 0.3) is 0 Å². The Balaban J connectivity index is 2.12. The van der Waals surface area contributed by atoms with Gasteiger partial charge in [-0.2, -0.15) is 0 Å². The van der Waals surface area contributed by atoms with Crippen LogP contribution < -0.4 is 5.32 Å². The highest BCUT2D eigenvalue weighted by Gasteiger charge is 2.08. The lowest BCUT2D eigenvalue weighted by molar-refractivity contribution is 0.116. The average Bonchev–Trinajstić information content (AvgIpc) is 2.79. The Morgan fingerprint density at radius 2 is 2.19 bits per heavy atom. The zero-order valence-corrected chi connectivity index (χ0v) is 10.1. The third kappa shape index (κ3) is 4.79. The second kappa shape index (κ2) is 7.44. The summed E-state index contributed by atoms with van der Waals surface area (Å²) in [7, 11) is 0. The van der Waals surface area contributed by atoms with Crippen molar-refractivity contribution in [3.8, 4) is 0 Å². The fourth-order valence-corrected chi connectivity index (χ4v) is 1.62. The Labute approximate surface area is 97.2 Å². The first-order chi connectivity index (χ1) is 7.76. The molecule has 1 rings (SSSR count). The molecule has 1 unspecified atom stereocenters. The minimum atomic E-state index is -0.324. The SMILES string of the molecule is CCN(CC)CC(O)CNCc1ccco1. The van der Waals surface area contributed by atoms with E-state index < -0.39 is 0 Å². The average molecular weight is 226 g/mol. The van der Waals surface area contributed by atoms with E-state index in [1.54, 1.807) is 6.26 Å². The molecular formula is C12H22N2O2. The molecule has 92 valence electrons. The molecule has 0 spiro atoms. The molecule has 4 nitrogen and oxygen atoms in total. The molecule has 0 fully saturated rings. The number of aliphatic hydroxyl groups is 1. The second-order valence-corrected chi connectivity index (χ2v) is 3.85. The molecule has 1 heterocycles. The number of likely N-dealkylation sites (N-methyl/N-ethyl adjacent to an activating group) is 1. The molecule has 1 aromatic heterocycles. The maximum atomic E-state index is 9.78. The van der Waals surface area contributed by atoms with Crippen molar-refractivity contribution in [2.75, 3.05) is 26.2 Å². The van der Waals surface area contributed by atoms with E-state index in [0.29, 0.717) is 13.1 Å². The minimum Gasteiger partial charge on any atom is -0.468 e. The number of rotatable bonds is 8. The van der Waals surface area contributed by atoms with Gasteiger partial charge in [0.1, 0.15) is 5.76 Å². The Kier molecular flexibility index (Phi) is 6.15. The zero-order valence-electron chi connectivity index (χ0n) is 10.1. The fourth-order valence-electron chi connectivity index (χ4n) is 1.62. The van der Waals surface area contributed by atoms with Crippen molar-refractivity contribution in [3.63, 3.8) is 0 Å². The molecule has 0 amide bonds. The molecule has 0 bridgehead atoms. The number of hydrogen-bond donors (Lipinski definition) is 2. The van der Waals surface area contributed by atoms with Crippen LogP contribution in [-0.4, -0.2) is 42.3 Å². The number of hydrogen-bond acceptors (Lipinski definition) is 4. The van der Waals surface area contributed by atoms with Gasteiger partial charge in [0.15, 0.2) is 0 Å². The molecule has 0 aliphatic carbocycles. The van der Waals surface area contributed by atoms with Crippen LogP contribution in [0.2, 0.25) is 0 Å². The van der Waals surface area contributed by atoms with E-state index >= 15 is 0 Å². The highest BCUT2D eigenvalue weighted by molar-refractivity contribution is 4.97. The quantitative estimate of drug-likeness (QED) is 0.696. The highest BCUT2D eigenvalue weighted by Crippen LogP contribution is 1.98. The first kappa shape index (κ1) is 13.2. The van der Waals surface area contributed by atoms with Crippen molar-refractivity contribution in [2.24, 2.45) is 0 Å². The topological polar surface area (TPSA) is 48.6 Å². The number of furan rings is 1. The molecule has 0 aromatic carbocycles. The fraction of sp³-hybridized carbons (Fsp3) is 0.667. The van der Waals surface area contributed by atoms with Crippen LogP contribution >= 0.6 is 0 Å². The van der Waals surface area contributed by atoms with Crippen LogP contribution in [0.5, 0.6) is 0 Å². The van der Waals surface area contributed by atoms with Gasteiger partial charge in [0, 0.05) is 13.1 Å². The van der Waals surface area contributed by atoms with Gasteiger partial charge in [0.25, 0.3) is 0 Å². The van der Waals surface area contributed by atoms with Gasteiger partial charge in [0.05, 0.1) is 18.9 Å². The summed E-state index contributed by atoms with van der Waals surface area (Å²) >= 11 is 0. The monoisotopic (exact) mass is 226 g/mol. The summed E-state index contributed by atoms with van der Waals surface area (Å²) in [5.74, 6) is 0.898. The smallest absolute Gasteiger partial charge is 0.117 e. The summed E-state index contributed by atoms with van der Waals surface area (Å²) in [6.45, 7) is 8.15. The molecular weight excluding hydrogens is 204 g/mol. The summed E-state index contributed by atoms with van der Waals surface area (Å²) in [5.41, 5.74) is 0. The normalized spacial score (nSPS) is 13.2. The van der Waals surface area contributed by atoms with Crippen molar-refractivity contribution >= 4 is 0 Å². The molecule has 2 N–H and O–H groups in total. The molecule has 0 aliphatic rings. The first-order valence-electron chi connectivity index (χ1n) is 5.89. The van der Waals surface area contributed by atoms with Gasteiger partial charge in [-0.3, -0.25) is 0 Å². The lowest BCUT2D eigenvalue weighted by Gasteiger charge is -2.21. The molecule has 16 heavy (non-hydrogen) atoms. The highest BCUT2D eigenvalue weighted by atomic mass is 16.3. The van der Waals surface area contributed by atoms with Gasteiger partial charge < -0.3 is 19.7 Å². The Bertz CT molecular complexity index is 258. The van der Waals surface area contributed by atoms with Crippen molar-refractivity contribution in [2.45, 2.75) is 26.5 Å². The summed E-state index contributed by atoms with van der Waals surface area (Å²) in [6.07, 6.45) is 1.33. The van der Waals surface area contributed by atoms with Gasteiger partial charge in [-0.25, -0.2) is 0 Å². The van der Waals surface area contributed by atoms with Gasteiger partial charge in [-0.05, 0) is 25.2 Å². The van der Waals surface area contributed by atoms with Gasteiger partial charge in [-0.15, -0.1) is 0 Å². The number of nitrogens with one attached hydrogen (secondary N) is 1. The Hall–Kier alpha value is -0.840. The van der Waals surface area contributed by atoms with Crippen LogP contribution in [0.4, 0.5) is 0 Å². The van der Waals surface area contributed by atoms with Gasteiger partial charge >= 0.3 is 0 Å². The van der Waals surface area contributed by atoms with E-state index in [0.717, 1.165) is 25.4 Å². The lowest BCUT2D eigenvalue weighted by Crippen LogP contribution is -2.38. The number of nitrogens with zero attached hydrogens (tertiary/aromatic N) is 1.